The van der Waals surface area contributed by atoms with Crippen molar-refractivity contribution in [1.29, 1.82) is 0 Å². The number of nitrogen functional groups attached to an aromatic ring is 3. The van der Waals surface area contributed by atoms with Crippen molar-refractivity contribution in [2.45, 2.75) is 39.4 Å². The molecule has 3 aromatic carbocycles. The van der Waals surface area contributed by atoms with Crippen LogP contribution in [-0.4, -0.2) is 85.5 Å². The minimum absolute atomic E-state index is 0.0283. The number of aromatic amines is 2. The zero-order valence-corrected chi connectivity index (χ0v) is 48.8. The van der Waals surface area contributed by atoms with Crippen LogP contribution in [0.15, 0.2) is 108 Å². The Balaban J connectivity index is 0.000000134. The van der Waals surface area contributed by atoms with Gasteiger partial charge in [-0.1, -0.05) is 64.6 Å². The van der Waals surface area contributed by atoms with Crippen LogP contribution in [0.2, 0.25) is 20.6 Å². The number of esters is 1. The lowest BCUT2D eigenvalue weighted by Gasteiger charge is -2.16. The molecular formula is C54H45Cl4N17O5S3. The molecule has 13 rings (SSSR count). The molecule has 0 bridgehead atoms. The van der Waals surface area contributed by atoms with Crippen LogP contribution in [0.25, 0.3) is 42.3 Å². The van der Waals surface area contributed by atoms with E-state index in [0.717, 1.165) is 49.1 Å². The average Bonchev–Trinajstić information content (AvgIpc) is 3.99. The monoisotopic (exact) mass is 1250 g/mol. The summed E-state index contributed by atoms with van der Waals surface area (Å²) in [5, 5.41) is 0.548. The highest BCUT2D eigenvalue weighted by molar-refractivity contribution is 7.17. The van der Waals surface area contributed by atoms with E-state index in [4.69, 9.17) is 74.1 Å². The number of fused-ring (bicyclic) bond motifs is 5. The molecule has 0 aliphatic carbocycles. The van der Waals surface area contributed by atoms with Gasteiger partial charge in [-0.05, 0) is 90.4 Å². The van der Waals surface area contributed by atoms with Gasteiger partial charge in [-0.3, -0.25) is 29.0 Å². The quantitative estimate of drug-likeness (QED) is 0.0321. The van der Waals surface area contributed by atoms with E-state index in [2.05, 4.69) is 60.9 Å². The Kier molecular flexibility index (Phi) is 19.3. The van der Waals surface area contributed by atoms with Crippen LogP contribution in [0, 0.1) is 0 Å². The normalized spacial score (nSPS) is 12.7. The van der Waals surface area contributed by atoms with E-state index in [1.54, 1.807) is 92.4 Å². The highest BCUT2D eigenvalue weighted by Crippen LogP contribution is 2.41. The summed E-state index contributed by atoms with van der Waals surface area (Å²) in [7, 11) is 0. The lowest BCUT2D eigenvalue weighted by molar-refractivity contribution is -0.142. The molecule has 11 aromatic rings. The zero-order valence-electron chi connectivity index (χ0n) is 43.3. The van der Waals surface area contributed by atoms with Crippen LogP contribution in [0.3, 0.4) is 0 Å². The molecular weight excluding hydrogens is 1200 g/mol. The van der Waals surface area contributed by atoms with Crippen molar-refractivity contribution >= 4 is 176 Å². The first kappa shape index (κ1) is 59.1. The molecule has 2 amide bonds. The Morgan fingerprint density at radius 1 is 0.651 bits per heavy atom. The molecule has 0 atom stereocenters. The predicted octanol–water partition coefficient (Wildman–Crippen LogP) is 10.2. The number of aldehydes is 1. The largest absolute Gasteiger partial charge is 0.466 e. The fourth-order valence-electron chi connectivity index (χ4n) is 8.20. The number of hydrogen-bond acceptors (Lipinski definition) is 21. The highest BCUT2D eigenvalue weighted by atomic mass is 35.5. The number of ether oxygens (including phenoxy) is 1. The molecule has 0 fully saturated rings. The number of thiazole rings is 3. The predicted molar refractivity (Wildman–Crippen MR) is 327 cm³/mol. The molecule has 8 aromatic heterocycles. The average molecular weight is 1250 g/mol. The standard InChI is InChI=1S/C19H13ClN6OS.C14H10ClN5OS.C8H9Cl2N3O2.C8H8N2S.C5H5NO/c20-16-15-12(7-11-2-1-5-22-11)18(27)26(17(15)25-19(21)24-16)8-10-3-4-13-14(6-10)28-9-23-13;15-12-8-4-11(21)20(13(8)19-14(16)18-12)5-7-1-2-9-10(3-7)22-6-17-9;1-2-15-5(14)3-4-6(9)12-8(11)13-7(4)10;9-4-6-1-2-7-8(3-6)11-5-10-7;7-4-5-2-1-3-6-5/h1-7,9,22H,8H2,(H2,21,24,25);1-3,6H,4-5H2,(H2,16,18,19);2-3H2,1H3,(H2,11,12,13);1-3,5H,4,9H2;1-4,6H/b12-7-;;;;. The Hall–Kier alpha value is -8.53. The van der Waals surface area contributed by atoms with Gasteiger partial charge in [0.15, 0.2) is 12.1 Å². The summed E-state index contributed by atoms with van der Waals surface area (Å²) in [6.07, 6.45) is 6.17. The van der Waals surface area contributed by atoms with Gasteiger partial charge < -0.3 is 37.6 Å². The number of nitrogens with one attached hydrogen (secondary N) is 2. The van der Waals surface area contributed by atoms with Crippen molar-refractivity contribution in [1.82, 2.24) is 54.8 Å². The maximum atomic E-state index is 13.2. The summed E-state index contributed by atoms with van der Waals surface area (Å²) in [6, 6.07) is 25.2. The molecule has 422 valence electrons. The molecule has 2 aliphatic heterocycles. The fourth-order valence-corrected chi connectivity index (χ4v) is 11.5. The first-order valence-corrected chi connectivity index (χ1v) is 28.7. The van der Waals surface area contributed by atoms with E-state index in [0.29, 0.717) is 65.8 Å². The molecule has 0 radical (unpaired) electrons. The van der Waals surface area contributed by atoms with Crippen molar-refractivity contribution in [3.63, 3.8) is 0 Å². The molecule has 0 spiro atoms. The minimum atomic E-state index is -0.435. The molecule has 0 saturated carbocycles. The van der Waals surface area contributed by atoms with E-state index in [9.17, 15) is 19.2 Å². The number of H-pyrrole nitrogens is 2. The van der Waals surface area contributed by atoms with Crippen LogP contribution < -0.4 is 32.7 Å². The van der Waals surface area contributed by atoms with Gasteiger partial charge in [0.25, 0.3) is 5.91 Å². The van der Waals surface area contributed by atoms with Crippen LogP contribution >= 0.6 is 80.4 Å². The minimum Gasteiger partial charge on any atom is -0.466 e. The lowest BCUT2D eigenvalue weighted by atomic mass is 10.1. The van der Waals surface area contributed by atoms with E-state index in [1.165, 1.54) is 10.3 Å². The molecule has 0 unspecified atom stereocenters. The third-order valence-corrected chi connectivity index (χ3v) is 15.6. The number of nitrogens with two attached hydrogens (primary N) is 4. The van der Waals surface area contributed by atoms with Gasteiger partial charge in [-0.15, -0.1) is 34.0 Å². The Bertz CT molecular complexity index is 4150. The fraction of sp³-hybridized carbons (Fsp3) is 0.130. The van der Waals surface area contributed by atoms with E-state index >= 15 is 0 Å². The van der Waals surface area contributed by atoms with Gasteiger partial charge in [-0.25, -0.2) is 34.9 Å². The number of benzene rings is 3. The number of amides is 2. The van der Waals surface area contributed by atoms with Crippen LogP contribution in [0.4, 0.5) is 29.5 Å². The SMILES string of the molecule is CCOC(=O)Cc1c(Cl)nc(N)nc1Cl.NCc1ccc2ncsc2c1.Nc1nc(Cl)c2c(n1)N(Cc1ccc3ncsc3c1)C(=O)/C2=C\c1ccc[nH]1.Nc1nc(Cl)c2c(n1)N(Cc1ccc3ncsc3c1)C(=O)C2.O=Cc1ccc[nH]1. The molecule has 10 heterocycles. The van der Waals surface area contributed by atoms with Gasteiger partial charge >= 0.3 is 5.97 Å². The third kappa shape index (κ3) is 14.4. The Labute approximate surface area is 503 Å². The molecule has 10 N–H and O–H groups in total. The van der Waals surface area contributed by atoms with E-state index in [1.807, 2.05) is 66.2 Å². The second-order valence-electron chi connectivity index (χ2n) is 17.5. The molecule has 22 nitrogen and oxygen atoms in total. The third-order valence-electron chi connectivity index (χ3n) is 12.0. The number of carbonyl (C=O) groups is 4. The van der Waals surface area contributed by atoms with E-state index < -0.39 is 5.97 Å². The van der Waals surface area contributed by atoms with Gasteiger partial charge in [0.05, 0.1) is 96.6 Å². The number of aromatic nitrogens is 11. The second-order valence-corrected chi connectivity index (χ2v) is 21.6. The number of nitrogens with zero attached hydrogens (tertiary/aromatic N) is 11. The first-order valence-electron chi connectivity index (χ1n) is 24.6. The number of rotatable bonds is 10. The second kappa shape index (κ2) is 27.0. The summed E-state index contributed by atoms with van der Waals surface area (Å²) in [6.45, 7) is 3.37. The smallest absolute Gasteiger partial charge is 0.310 e. The van der Waals surface area contributed by atoms with Crippen LogP contribution in [0.5, 0.6) is 0 Å². The van der Waals surface area contributed by atoms with Crippen LogP contribution in [0.1, 0.15) is 56.5 Å². The topological polar surface area (TPSA) is 336 Å². The molecule has 2 aliphatic rings. The van der Waals surface area contributed by atoms with Crippen molar-refractivity contribution in [3.8, 4) is 0 Å². The molecule has 0 saturated heterocycles. The zero-order chi connectivity index (χ0) is 58.7. The Morgan fingerprint density at radius 3 is 1.66 bits per heavy atom. The number of hydrogen-bond donors (Lipinski definition) is 6. The van der Waals surface area contributed by atoms with E-state index in [-0.39, 0.29) is 63.1 Å². The first-order chi connectivity index (χ1) is 40.1. The summed E-state index contributed by atoms with van der Waals surface area (Å²) < 4.78 is 8.11. The number of halogens is 4. The number of carbonyl (C=O) groups excluding carboxylic acids is 4. The van der Waals surface area contributed by atoms with Crippen LogP contribution in [-0.2, 0) is 51.6 Å². The molecule has 83 heavy (non-hydrogen) atoms. The van der Waals surface area contributed by atoms with Crippen molar-refractivity contribution in [2.24, 2.45) is 5.73 Å². The van der Waals surface area contributed by atoms with Gasteiger partial charge in [0.2, 0.25) is 23.8 Å². The van der Waals surface area contributed by atoms with Crippen molar-refractivity contribution < 1.29 is 23.9 Å². The van der Waals surface area contributed by atoms with Crippen molar-refractivity contribution in [3.05, 3.63) is 173 Å². The van der Waals surface area contributed by atoms with Gasteiger partial charge in [-0.2, -0.15) is 9.97 Å². The maximum Gasteiger partial charge on any atom is 0.310 e. The molecule has 29 heteroatoms. The summed E-state index contributed by atoms with van der Waals surface area (Å²) in [5.74, 6) is 0.308. The summed E-state index contributed by atoms with van der Waals surface area (Å²) in [5.41, 5.74) is 37.1. The maximum absolute atomic E-state index is 13.2. The Morgan fingerprint density at radius 2 is 1.14 bits per heavy atom. The highest BCUT2D eigenvalue weighted by Gasteiger charge is 2.37. The van der Waals surface area contributed by atoms with Gasteiger partial charge in [0.1, 0.15) is 26.4 Å². The number of anilines is 5. The summed E-state index contributed by atoms with van der Waals surface area (Å²) in [4.78, 5) is 92.0. The lowest BCUT2D eigenvalue weighted by Crippen LogP contribution is -2.26. The van der Waals surface area contributed by atoms with Crippen molar-refractivity contribution in [2.75, 3.05) is 33.6 Å². The van der Waals surface area contributed by atoms with Gasteiger partial charge in [0, 0.05) is 35.8 Å². The summed E-state index contributed by atoms with van der Waals surface area (Å²) >= 11 is 28.7.